The molecule has 1 amide bonds. The van der Waals surface area contributed by atoms with Gasteiger partial charge in [-0.1, -0.05) is 26.7 Å². The Kier molecular flexibility index (Phi) is 7.39. The van der Waals surface area contributed by atoms with Crippen molar-refractivity contribution in [2.45, 2.75) is 65.0 Å². The molecule has 2 unspecified atom stereocenters. The Bertz CT molecular complexity index is 269. The van der Waals surface area contributed by atoms with Crippen molar-refractivity contribution in [2.75, 3.05) is 19.7 Å². The molecule has 19 heavy (non-hydrogen) atoms. The lowest BCUT2D eigenvalue weighted by Crippen LogP contribution is -2.51. The van der Waals surface area contributed by atoms with E-state index >= 15 is 0 Å². The van der Waals surface area contributed by atoms with Crippen molar-refractivity contribution in [3.05, 3.63) is 0 Å². The molecule has 0 saturated carbocycles. The maximum atomic E-state index is 12.2. The van der Waals surface area contributed by atoms with Crippen LogP contribution in [0.2, 0.25) is 0 Å². The molecule has 0 bridgehead atoms. The summed E-state index contributed by atoms with van der Waals surface area (Å²) in [5.74, 6) is 0.708. The summed E-state index contributed by atoms with van der Waals surface area (Å²) in [5, 5.41) is 12.5. The Morgan fingerprint density at radius 1 is 1.32 bits per heavy atom. The van der Waals surface area contributed by atoms with E-state index in [9.17, 15) is 9.90 Å². The van der Waals surface area contributed by atoms with E-state index in [4.69, 9.17) is 0 Å². The summed E-state index contributed by atoms with van der Waals surface area (Å²) in [4.78, 5) is 14.3. The molecule has 1 aliphatic heterocycles. The van der Waals surface area contributed by atoms with E-state index in [1.54, 1.807) is 0 Å². The molecule has 1 heterocycles. The van der Waals surface area contributed by atoms with E-state index in [1.165, 1.54) is 6.42 Å². The summed E-state index contributed by atoms with van der Waals surface area (Å²) < 4.78 is 0. The van der Waals surface area contributed by atoms with Gasteiger partial charge < -0.3 is 10.4 Å². The van der Waals surface area contributed by atoms with Crippen LogP contribution >= 0.6 is 0 Å². The number of nitrogens with one attached hydrogen (secondary N) is 1. The van der Waals surface area contributed by atoms with Gasteiger partial charge in [-0.25, -0.2) is 0 Å². The first kappa shape index (κ1) is 16.4. The predicted octanol–water partition coefficient (Wildman–Crippen LogP) is 1.77. The maximum Gasteiger partial charge on any atom is 0.237 e. The quantitative estimate of drug-likeness (QED) is 0.773. The zero-order valence-corrected chi connectivity index (χ0v) is 12.7. The van der Waals surface area contributed by atoms with Gasteiger partial charge in [-0.15, -0.1) is 0 Å². The van der Waals surface area contributed by atoms with E-state index in [1.807, 2.05) is 6.92 Å². The topological polar surface area (TPSA) is 52.6 Å². The lowest BCUT2D eigenvalue weighted by atomic mass is 10.1. The smallest absolute Gasteiger partial charge is 0.237 e. The van der Waals surface area contributed by atoms with E-state index in [0.29, 0.717) is 5.92 Å². The molecule has 0 aliphatic carbocycles. The molecule has 0 aromatic rings. The van der Waals surface area contributed by atoms with E-state index < -0.39 is 0 Å². The Balaban J connectivity index is 2.48. The molecule has 2 N–H and O–H groups in total. The van der Waals surface area contributed by atoms with E-state index in [0.717, 1.165) is 38.8 Å². The molecular weight excluding hydrogens is 240 g/mol. The summed E-state index contributed by atoms with van der Waals surface area (Å²) >= 11 is 0. The number of hydrogen-bond acceptors (Lipinski definition) is 3. The molecule has 2 atom stereocenters. The minimum Gasteiger partial charge on any atom is -0.395 e. The Morgan fingerprint density at radius 2 is 2.05 bits per heavy atom. The second kappa shape index (κ2) is 8.54. The van der Waals surface area contributed by atoms with Crippen molar-refractivity contribution >= 4 is 5.91 Å². The molecule has 1 fully saturated rings. The molecular formula is C15H30N2O2. The van der Waals surface area contributed by atoms with Crippen LogP contribution in [0.1, 0.15) is 52.9 Å². The SMILES string of the molecule is CC(C)CCNC(=O)C(C)N1CCCCCC1CO. The Hall–Kier alpha value is -0.610. The van der Waals surface area contributed by atoms with Crippen LogP contribution in [0.15, 0.2) is 0 Å². The number of likely N-dealkylation sites (tertiary alicyclic amines) is 1. The fourth-order valence-corrected chi connectivity index (χ4v) is 2.69. The predicted molar refractivity (Wildman–Crippen MR) is 78.0 cm³/mol. The number of aliphatic hydroxyl groups is 1. The monoisotopic (exact) mass is 270 g/mol. The van der Waals surface area contributed by atoms with Gasteiger partial charge in [-0.2, -0.15) is 0 Å². The maximum absolute atomic E-state index is 12.2. The van der Waals surface area contributed by atoms with Crippen molar-refractivity contribution in [2.24, 2.45) is 5.92 Å². The van der Waals surface area contributed by atoms with Gasteiger partial charge in [0.15, 0.2) is 0 Å². The van der Waals surface area contributed by atoms with Gasteiger partial charge in [0, 0.05) is 12.6 Å². The summed E-state index contributed by atoms with van der Waals surface area (Å²) in [6.07, 6.45) is 5.50. The number of rotatable bonds is 6. The number of aliphatic hydroxyl groups excluding tert-OH is 1. The summed E-state index contributed by atoms with van der Waals surface area (Å²) in [6.45, 7) is 8.10. The third-order valence-corrected chi connectivity index (χ3v) is 4.03. The van der Waals surface area contributed by atoms with Gasteiger partial charge >= 0.3 is 0 Å². The number of amides is 1. The van der Waals surface area contributed by atoms with Crippen LogP contribution in [0.4, 0.5) is 0 Å². The highest BCUT2D eigenvalue weighted by Crippen LogP contribution is 2.19. The average Bonchev–Trinajstić information content (AvgIpc) is 2.62. The van der Waals surface area contributed by atoms with E-state index in [2.05, 4.69) is 24.1 Å². The van der Waals surface area contributed by atoms with Crippen LogP contribution in [0, 0.1) is 5.92 Å². The number of carbonyl (C=O) groups is 1. The van der Waals surface area contributed by atoms with Gasteiger partial charge in [0.1, 0.15) is 0 Å². The highest BCUT2D eigenvalue weighted by molar-refractivity contribution is 5.81. The average molecular weight is 270 g/mol. The first-order valence-electron chi connectivity index (χ1n) is 7.70. The van der Waals surface area contributed by atoms with Crippen LogP contribution in [-0.2, 0) is 4.79 Å². The van der Waals surface area contributed by atoms with Crippen molar-refractivity contribution in [1.82, 2.24) is 10.2 Å². The zero-order chi connectivity index (χ0) is 14.3. The fraction of sp³-hybridized carbons (Fsp3) is 0.933. The fourth-order valence-electron chi connectivity index (χ4n) is 2.69. The van der Waals surface area contributed by atoms with Crippen molar-refractivity contribution in [3.8, 4) is 0 Å². The standard InChI is InChI=1S/C15H30N2O2/c1-12(2)8-9-16-15(19)13(3)17-10-6-4-5-7-14(17)11-18/h12-14,18H,4-11H2,1-3H3,(H,16,19). The largest absolute Gasteiger partial charge is 0.395 e. The summed E-state index contributed by atoms with van der Waals surface area (Å²) in [7, 11) is 0. The molecule has 0 spiro atoms. The second-order valence-corrected chi connectivity index (χ2v) is 6.07. The molecule has 1 aliphatic rings. The third kappa shape index (κ3) is 5.49. The van der Waals surface area contributed by atoms with Gasteiger partial charge in [0.05, 0.1) is 12.6 Å². The van der Waals surface area contributed by atoms with Crippen LogP contribution in [-0.4, -0.2) is 47.7 Å². The van der Waals surface area contributed by atoms with Gasteiger partial charge in [-0.05, 0) is 38.6 Å². The minimum absolute atomic E-state index is 0.0981. The molecule has 0 aromatic carbocycles. The van der Waals surface area contributed by atoms with Crippen molar-refractivity contribution in [1.29, 1.82) is 0 Å². The van der Waals surface area contributed by atoms with Crippen molar-refractivity contribution < 1.29 is 9.90 Å². The first-order chi connectivity index (χ1) is 9.06. The summed E-state index contributed by atoms with van der Waals surface area (Å²) in [6, 6.07) is 0.00996. The van der Waals surface area contributed by atoms with Crippen LogP contribution in [0.25, 0.3) is 0 Å². The number of nitrogens with zero attached hydrogens (tertiary/aromatic N) is 1. The molecule has 1 rings (SSSR count). The van der Waals surface area contributed by atoms with Gasteiger partial charge in [0.2, 0.25) is 5.91 Å². The van der Waals surface area contributed by atoms with Gasteiger partial charge in [-0.3, -0.25) is 9.69 Å². The van der Waals surface area contributed by atoms with Gasteiger partial charge in [0.25, 0.3) is 0 Å². The summed E-state index contributed by atoms with van der Waals surface area (Å²) in [5.41, 5.74) is 0. The Morgan fingerprint density at radius 3 is 2.68 bits per heavy atom. The number of hydrogen-bond donors (Lipinski definition) is 2. The van der Waals surface area contributed by atoms with Crippen LogP contribution < -0.4 is 5.32 Å². The lowest BCUT2D eigenvalue weighted by Gasteiger charge is -2.33. The van der Waals surface area contributed by atoms with Crippen LogP contribution in [0.5, 0.6) is 0 Å². The molecule has 4 heteroatoms. The second-order valence-electron chi connectivity index (χ2n) is 6.07. The molecule has 0 aromatic heterocycles. The Labute approximate surface area is 117 Å². The number of carbonyl (C=O) groups excluding carboxylic acids is 1. The molecule has 0 radical (unpaired) electrons. The molecule has 112 valence electrons. The minimum atomic E-state index is -0.137. The third-order valence-electron chi connectivity index (χ3n) is 4.03. The molecule has 4 nitrogen and oxygen atoms in total. The van der Waals surface area contributed by atoms with Crippen molar-refractivity contribution in [3.63, 3.8) is 0 Å². The van der Waals surface area contributed by atoms with E-state index in [-0.39, 0.29) is 24.6 Å². The zero-order valence-electron chi connectivity index (χ0n) is 12.7. The van der Waals surface area contributed by atoms with Crippen LogP contribution in [0.3, 0.4) is 0 Å². The molecule has 1 saturated heterocycles. The lowest BCUT2D eigenvalue weighted by molar-refractivity contribution is -0.127. The first-order valence-corrected chi connectivity index (χ1v) is 7.70. The highest BCUT2D eigenvalue weighted by atomic mass is 16.3. The highest BCUT2D eigenvalue weighted by Gasteiger charge is 2.28. The normalized spacial score (nSPS) is 23.1.